The third kappa shape index (κ3) is 5.42. The Balaban J connectivity index is 0.00000160. The van der Waals surface area contributed by atoms with Crippen molar-refractivity contribution in [1.82, 2.24) is 10.2 Å². The number of hydrogen-bond donors (Lipinski definition) is 1. The number of amides is 2. The van der Waals surface area contributed by atoms with E-state index in [9.17, 15) is 14.4 Å². The molecule has 0 aromatic carbocycles. The zero-order valence-electron chi connectivity index (χ0n) is 17.1. The summed E-state index contributed by atoms with van der Waals surface area (Å²) in [5, 5.41) is 2.92. The molecule has 168 valence electrons. The summed E-state index contributed by atoms with van der Waals surface area (Å²) in [7, 11) is 0. The summed E-state index contributed by atoms with van der Waals surface area (Å²) in [5.74, 6) is -0.0828. The highest BCUT2D eigenvalue weighted by Crippen LogP contribution is 2.30. The summed E-state index contributed by atoms with van der Waals surface area (Å²) in [4.78, 5) is 40.0. The Hall–Kier alpha value is -1.45. The van der Waals surface area contributed by atoms with Crippen LogP contribution in [-0.4, -0.2) is 53.8 Å². The van der Waals surface area contributed by atoms with E-state index in [1.165, 1.54) is 31.8 Å². The van der Waals surface area contributed by atoms with Crippen molar-refractivity contribution in [2.24, 2.45) is 5.92 Å². The Morgan fingerprint density at radius 1 is 1.13 bits per heavy atom. The summed E-state index contributed by atoms with van der Waals surface area (Å²) in [5.41, 5.74) is 0.401. The van der Waals surface area contributed by atoms with Crippen molar-refractivity contribution < 1.29 is 23.5 Å². The van der Waals surface area contributed by atoms with Crippen molar-refractivity contribution in [3.05, 3.63) is 24.2 Å². The molecule has 0 unspecified atom stereocenters. The molecule has 0 spiro atoms. The van der Waals surface area contributed by atoms with Crippen LogP contribution in [0.4, 0.5) is 0 Å². The molecule has 2 amide bonds. The molecule has 9 heteroatoms. The Kier molecular flexibility index (Phi) is 9.31. The van der Waals surface area contributed by atoms with Gasteiger partial charge < -0.3 is 19.4 Å². The minimum absolute atomic E-state index is 0. The summed E-state index contributed by atoms with van der Waals surface area (Å²) < 4.78 is 10.6. The van der Waals surface area contributed by atoms with E-state index in [0.29, 0.717) is 24.4 Å². The number of likely N-dealkylation sites (tertiary alicyclic amines) is 1. The van der Waals surface area contributed by atoms with Gasteiger partial charge in [0.05, 0.1) is 17.9 Å². The number of ether oxygens (including phenoxy) is 1. The largest absolute Gasteiger partial charge is 0.472 e. The monoisotopic (exact) mass is 456 g/mol. The standard InChI is InChI=1S/C21H28N2O5.2H2S/c24-17-13-28-18-7-4-9-23(19(17)18)21(26)16(11-14-5-2-1-3-6-14)22-20(25)15-8-10-27-12-15;;/h8,10,12,14,16,18-19H,1-7,9,11,13H2,(H,22,25);2*1H2/t16-,18+,19+;;/m0../s1. The number of carbonyl (C=O) groups is 3. The lowest BCUT2D eigenvalue weighted by Gasteiger charge is -2.38. The van der Waals surface area contributed by atoms with Gasteiger partial charge in [0.15, 0.2) is 5.78 Å². The predicted molar refractivity (Wildman–Crippen MR) is 121 cm³/mol. The van der Waals surface area contributed by atoms with E-state index in [4.69, 9.17) is 9.15 Å². The third-order valence-corrected chi connectivity index (χ3v) is 6.31. The second-order valence-corrected chi connectivity index (χ2v) is 8.21. The lowest BCUT2D eigenvalue weighted by atomic mass is 9.84. The second-order valence-electron chi connectivity index (χ2n) is 8.21. The number of carbonyl (C=O) groups excluding carboxylic acids is 3. The van der Waals surface area contributed by atoms with Crippen LogP contribution in [0.3, 0.4) is 0 Å². The van der Waals surface area contributed by atoms with Crippen LogP contribution in [0.2, 0.25) is 0 Å². The fourth-order valence-corrected chi connectivity index (χ4v) is 4.85. The van der Waals surface area contributed by atoms with Crippen LogP contribution in [0.15, 0.2) is 23.0 Å². The van der Waals surface area contributed by atoms with Crippen LogP contribution in [0.1, 0.15) is 61.7 Å². The quantitative estimate of drug-likeness (QED) is 0.736. The lowest BCUT2D eigenvalue weighted by Crippen LogP contribution is -2.58. The van der Waals surface area contributed by atoms with Crippen molar-refractivity contribution in [3.8, 4) is 0 Å². The zero-order valence-corrected chi connectivity index (χ0v) is 19.1. The average Bonchev–Trinajstić information content (AvgIpc) is 3.38. The molecule has 3 aliphatic rings. The zero-order chi connectivity index (χ0) is 19.5. The molecule has 0 bridgehead atoms. The van der Waals surface area contributed by atoms with E-state index in [-0.39, 0.29) is 57.3 Å². The number of nitrogens with one attached hydrogen (secondary N) is 1. The van der Waals surface area contributed by atoms with Gasteiger partial charge in [-0.1, -0.05) is 32.1 Å². The number of rotatable bonds is 5. The molecule has 0 radical (unpaired) electrons. The van der Waals surface area contributed by atoms with E-state index in [1.54, 1.807) is 11.0 Å². The SMILES string of the molecule is O=C(N[C@@H](CC1CCCCC1)C(=O)N1CCC[C@H]2OCC(=O)[C@H]21)c1ccoc1.S.S. The van der Waals surface area contributed by atoms with Crippen molar-refractivity contribution in [3.63, 3.8) is 0 Å². The Labute approximate surface area is 191 Å². The van der Waals surface area contributed by atoms with Gasteiger partial charge in [0, 0.05) is 6.54 Å². The van der Waals surface area contributed by atoms with Crippen LogP contribution >= 0.6 is 27.0 Å². The molecule has 30 heavy (non-hydrogen) atoms. The van der Waals surface area contributed by atoms with Crippen LogP contribution in [0.25, 0.3) is 0 Å². The molecule has 1 aliphatic carbocycles. The molecule has 3 heterocycles. The summed E-state index contributed by atoms with van der Waals surface area (Å²) in [6.45, 7) is 0.617. The van der Waals surface area contributed by atoms with Crippen LogP contribution in [0.5, 0.6) is 0 Å². The fraction of sp³-hybridized carbons (Fsp3) is 0.667. The van der Waals surface area contributed by atoms with Crippen LogP contribution in [-0.2, 0) is 14.3 Å². The number of piperidine rings is 1. The van der Waals surface area contributed by atoms with Crippen LogP contribution in [0, 0.1) is 5.92 Å². The highest BCUT2D eigenvalue weighted by Gasteiger charge is 2.46. The molecule has 1 saturated carbocycles. The number of hydrogen-bond acceptors (Lipinski definition) is 5. The van der Waals surface area contributed by atoms with Gasteiger partial charge in [0.2, 0.25) is 5.91 Å². The number of nitrogens with zero attached hydrogens (tertiary/aromatic N) is 1. The molecule has 1 aromatic rings. The van der Waals surface area contributed by atoms with E-state index in [1.807, 2.05) is 0 Å². The number of ketones is 1. The smallest absolute Gasteiger partial charge is 0.255 e. The topological polar surface area (TPSA) is 88.9 Å². The Morgan fingerprint density at radius 3 is 2.60 bits per heavy atom. The first-order valence-electron chi connectivity index (χ1n) is 10.4. The summed E-state index contributed by atoms with van der Waals surface area (Å²) in [6, 6.07) is 0.460. The predicted octanol–water partition coefficient (Wildman–Crippen LogP) is 2.53. The average molecular weight is 457 g/mol. The highest BCUT2D eigenvalue weighted by molar-refractivity contribution is 7.59. The minimum atomic E-state index is -0.627. The lowest BCUT2D eigenvalue weighted by molar-refractivity contribution is -0.142. The van der Waals surface area contributed by atoms with Gasteiger partial charge >= 0.3 is 0 Å². The molecule has 1 aromatic heterocycles. The maximum Gasteiger partial charge on any atom is 0.255 e. The van der Waals surface area contributed by atoms with Gasteiger partial charge in [-0.25, -0.2) is 0 Å². The molecular weight excluding hydrogens is 424 g/mol. The fourth-order valence-electron chi connectivity index (χ4n) is 4.85. The molecule has 3 atom stereocenters. The van der Waals surface area contributed by atoms with E-state index in [2.05, 4.69) is 5.32 Å². The van der Waals surface area contributed by atoms with E-state index in [0.717, 1.165) is 25.7 Å². The molecule has 4 rings (SSSR count). The van der Waals surface area contributed by atoms with Gasteiger partial charge in [0.25, 0.3) is 5.91 Å². The molecule has 7 nitrogen and oxygen atoms in total. The highest BCUT2D eigenvalue weighted by atomic mass is 32.1. The van der Waals surface area contributed by atoms with E-state index < -0.39 is 12.1 Å². The third-order valence-electron chi connectivity index (χ3n) is 6.31. The van der Waals surface area contributed by atoms with Crippen molar-refractivity contribution in [2.45, 2.75) is 69.6 Å². The molecular formula is C21H32N2O5S2. The van der Waals surface area contributed by atoms with Crippen molar-refractivity contribution >= 4 is 44.6 Å². The van der Waals surface area contributed by atoms with Gasteiger partial charge in [-0.2, -0.15) is 27.0 Å². The Bertz CT molecular complexity index is 721. The summed E-state index contributed by atoms with van der Waals surface area (Å²) in [6.07, 6.45) is 10.6. The number of furan rings is 1. The van der Waals surface area contributed by atoms with Gasteiger partial charge in [-0.05, 0) is 31.2 Å². The molecule has 1 N–H and O–H groups in total. The first-order valence-corrected chi connectivity index (χ1v) is 10.4. The van der Waals surface area contributed by atoms with E-state index >= 15 is 0 Å². The van der Waals surface area contributed by atoms with Gasteiger partial charge in [-0.15, -0.1) is 0 Å². The van der Waals surface area contributed by atoms with Gasteiger partial charge in [0.1, 0.15) is 25.0 Å². The normalized spacial score (nSPS) is 24.9. The maximum absolute atomic E-state index is 13.4. The first kappa shape index (κ1) is 24.8. The Morgan fingerprint density at radius 2 is 1.90 bits per heavy atom. The molecule has 2 saturated heterocycles. The van der Waals surface area contributed by atoms with Crippen LogP contribution < -0.4 is 5.32 Å². The maximum atomic E-state index is 13.4. The molecule has 2 aliphatic heterocycles. The first-order chi connectivity index (χ1) is 13.6. The number of Topliss-reactive ketones (excluding diaryl/α,β-unsaturated/α-hetero) is 1. The molecule has 3 fully saturated rings. The van der Waals surface area contributed by atoms with Crippen molar-refractivity contribution in [1.29, 1.82) is 0 Å². The second kappa shape index (κ2) is 11.2. The summed E-state index contributed by atoms with van der Waals surface area (Å²) >= 11 is 0. The van der Waals surface area contributed by atoms with Gasteiger partial charge in [-0.3, -0.25) is 14.4 Å². The van der Waals surface area contributed by atoms with Crippen molar-refractivity contribution in [2.75, 3.05) is 13.2 Å². The minimum Gasteiger partial charge on any atom is -0.472 e. The number of fused-ring (bicyclic) bond motifs is 1.